The molecular weight excluding hydrogens is 473 g/mol. The number of carboxylic acids is 1. The first-order valence-corrected chi connectivity index (χ1v) is 11.6. The third-order valence-corrected chi connectivity index (χ3v) is 6.50. The first-order chi connectivity index (χ1) is 16.2. The van der Waals surface area contributed by atoms with Gasteiger partial charge in [-0.15, -0.1) is 0 Å². The van der Waals surface area contributed by atoms with E-state index < -0.39 is 5.97 Å². The number of carboxylic acid groups (broad SMARTS) is 1. The fraction of sp³-hybridized carbons (Fsp3) is 0.231. The Morgan fingerprint density at radius 3 is 2.24 bits per heavy atom. The number of carbonyl (C=O) groups excluding carboxylic acids is 1. The summed E-state index contributed by atoms with van der Waals surface area (Å²) in [6.45, 7) is 3.96. The van der Waals surface area contributed by atoms with Crippen molar-refractivity contribution >= 4 is 40.8 Å². The SMILES string of the molecule is Cc1ncc(C2=NN(C(=O)CCC(=O)O)C(c3ccc(Cl)cc3)C2)c(-c2ccc(Cl)cc2)c1C. The number of rotatable bonds is 6. The Morgan fingerprint density at radius 2 is 1.62 bits per heavy atom. The number of aromatic nitrogens is 1. The maximum atomic E-state index is 13.0. The van der Waals surface area contributed by atoms with Crippen molar-refractivity contribution in [3.8, 4) is 11.1 Å². The van der Waals surface area contributed by atoms with Crippen LogP contribution in [0.25, 0.3) is 11.1 Å². The molecule has 0 fully saturated rings. The fourth-order valence-corrected chi connectivity index (χ4v) is 4.34. The molecule has 3 aromatic rings. The van der Waals surface area contributed by atoms with Crippen molar-refractivity contribution in [2.45, 2.75) is 39.2 Å². The summed E-state index contributed by atoms with van der Waals surface area (Å²) >= 11 is 12.2. The van der Waals surface area contributed by atoms with E-state index in [1.165, 1.54) is 5.01 Å². The summed E-state index contributed by atoms with van der Waals surface area (Å²) in [4.78, 5) is 28.6. The molecule has 1 aliphatic rings. The van der Waals surface area contributed by atoms with Gasteiger partial charge in [0.15, 0.2) is 0 Å². The molecule has 174 valence electrons. The van der Waals surface area contributed by atoms with Crippen LogP contribution in [0.4, 0.5) is 0 Å². The molecule has 0 saturated carbocycles. The van der Waals surface area contributed by atoms with Crippen LogP contribution >= 0.6 is 23.2 Å². The van der Waals surface area contributed by atoms with Gasteiger partial charge in [-0.25, -0.2) is 5.01 Å². The van der Waals surface area contributed by atoms with Gasteiger partial charge in [0.05, 0.1) is 18.2 Å². The summed E-state index contributed by atoms with van der Waals surface area (Å²) in [5, 5.41) is 16.4. The van der Waals surface area contributed by atoms with Gasteiger partial charge in [-0.1, -0.05) is 47.5 Å². The van der Waals surface area contributed by atoms with Crippen LogP contribution in [0, 0.1) is 13.8 Å². The summed E-state index contributed by atoms with van der Waals surface area (Å²) in [5.74, 6) is -1.37. The van der Waals surface area contributed by atoms with Gasteiger partial charge in [-0.2, -0.15) is 5.10 Å². The van der Waals surface area contributed by atoms with Gasteiger partial charge in [0, 0.05) is 40.3 Å². The summed E-state index contributed by atoms with van der Waals surface area (Å²) in [6.07, 6.45) is 1.86. The normalized spacial score (nSPS) is 15.4. The molecular formula is C26H23Cl2N3O3. The molecule has 2 aromatic carbocycles. The Balaban J connectivity index is 1.79. The molecule has 4 rings (SSSR count). The third kappa shape index (κ3) is 4.98. The Labute approximate surface area is 207 Å². The number of aliphatic carboxylic acids is 1. The molecule has 1 atom stereocenters. The zero-order valence-electron chi connectivity index (χ0n) is 18.8. The summed E-state index contributed by atoms with van der Waals surface area (Å²) < 4.78 is 0. The number of carbonyl (C=O) groups is 2. The van der Waals surface area contributed by atoms with Gasteiger partial charge in [0.1, 0.15) is 0 Å². The number of hydrazone groups is 1. The van der Waals surface area contributed by atoms with Crippen LogP contribution in [0.3, 0.4) is 0 Å². The molecule has 1 aliphatic heterocycles. The number of nitrogens with zero attached hydrogens (tertiary/aromatic N) is 3. The van der Waals surface area contributed by atoms with Crippen molar-refractivity contribution in [2.75, 3.05) is 0 Å². The number of hydrogen-bond acceptors (Lipinski definition) is 4. The van der Waals surface area contributed by atoms with E-state index in [0.29, 0.717) is 22.2 Å². The molecule has 0 bridgehead atoms. The zero-order valence-corrected chi connectivity index (χ0v) is 20.3. The number of hydrogen-bond donors (Lipinski definition) is 1. The highest BCUT2D eigenvalue weighted by Gasteiger charge is 2.34. The van der Waals surface area contributed by atoms with Gasteiger partial charge in [-0.3, -0.25) is 14.6 Å². The van der Waals surface area contributed by atoms with E-state index in [-0.39, 0.29) is 24.8 Å². The van der Waals surface area contributed by atoms with E-state index in [1.807, 2.05) is 50.2 Å². The Bertz CT molecular complexity index is 1270. The minimum Gasteiger partial charge on any atom is -0.481 e. The number of halogens is 2. The lowest BCUT2D eigenvalue weighted by Crippen LogP contribution is -2.27. The molecule has 1 N–H and O–H groups in total. The van der Waals surface area contributed by atoms with Crippen molar-refractivity contribution < 1.29 is 14.7 Å². The molecule has 8 heteroatoms. The smallest absolute Gasteiger partial charge is 0.303 e. The lowest BCUT2D eigenvalue weighted by molar-refractivity contribution is -0.141. The van der Waals surface area contributed by atoms with Crippen molar-refractivity contribution in [3.05, 3.63) is 87.2 Å². The minimum absolute atomic E-state index is 0.134. The standard InChI is InChI=1S/C26H23Cl2N3O3/c1-15-16(2)29-14-21(26(15)18-5-9-20(28)10-6-18)22-13-23(17-3-7-19(27)8-4-17)31(30-22)24(32)11-12-25(33)34/h3-10,14,23H,11-13H2,1-2H3,(H,33,34). The lowest BCUT2D eigenvalue weighted by atomic mass is 9.90. The Morgan fingerprint density at radius 1 is 1.00 bits per heavy atom. The molecule has 0 aliphatic carbocycles. The Hall–Kier alpha value is -3.22. The molecule has 0 saturated heterocycles. The van der Waals surface area contributed by atoms with Gasteiger partial charge in [0.25, 0.3) is 0 Å². The Kier molecular flexibility index (Phi) is 7.00. The first-order valence-electron chi connectivity index (χ1n) is 10.8. The van der Waals surface area contributed by atoms with E-state index in [1.54, 1.807) is 18.3 Å². The number of amides is 1. The van der Waals surface area contributed by atoms with Crippen molar-refractivity contribution in [3.63, 3.8) is 0 Å². The number of pyridine rings is 1. The maximum absolute atomic E-state index is 13.0. The highest BCUT2D eigenvalue weighted by Crippen LogP contribution is 2.38. The van der Waals surface area contributed by atoms with Crippen LogP contribution in [0.2, 0.25) is 10.0 Å². The predicted molar refractivity (Wildman–Crippen MR) is 133 cm³/mol. The highest BCUT2D eigenvalue weighted by atomic mass is 35.5. The van der Waals surface area contributed by atoms with Crippen molar-refractivity contribution in [2.24, 2.45) is 5.10 Å². The second kappa shape index (κ2) is 9.95. The van der Waals surface area contributed by atoms with Crippen LogP contribution in [0.15, 0.2) is 59.8 Å². The quantitative estimate of drug-likeness (QED) is 0.440. The lowest BCUT2D eigenvalue weighted by Gasteiger charge is -2.22. The first kappa shape index (κ1) is 23.9. The molecule has 2 heterocycles. The second-order valence-electron chi connectivity index (χ2n) is 8.21. The third-order valence-electron chi connectivity index (χ3n) is 5.99. The van der Waals surface area contributed by atoms with Gasteiger partial charge in [-0.05, 0) is 60.4 Å². The summed E-state index contributed by atoms with van der Waals surface area (Å²) in [5.41, 5.74) is 6.29. The van der Waals surface area contributed by atoms with Crippen LogP contribution < -0.4 is 0 Å². The van der Waals surface area contributed by atoms with Crippen LogP contribution in [-0.2, 0) is 9.59 Å². The van der Waals surface area contributed by atoms with Gasteiger partial charge in [0.2, 0.25) is 5.91 Å². The summed E-state index contributed by atoms with van der Waals surface area (Å²) in [6, 6.07) is 14.5. The van der Waals surface area contributed by atoms with Crippen LogP contribution in [0.1, 0.15) is 47.7 Å². The molecule has 0 spiro atoms. The minimum atomic E-state index is -1.02. The number of benzene rings is 2. The maximum Gasteiger partial charge on any atom is 0.303 e. The monoisotopic (exact) mass is 495 g/mol. The van der Waals surface area contributed by atoms with Gasteiger partial charge >= 0.3 is 5.97 Å². The fourth-order valence-electron chi connectivity index (χ4n) is 4.09. The zero-order chi connectivity index (χ0) is 24.4. The van der Waals surface area contributed by atoms with Crippen LogP contribution in [0.5, 0.6) is 0 Å². The summed E-state index contributed by atoms with van der Waals surface area (Å²) in [7, 11) is 0. The van der Waals surface area contributed by atoms with Crippen molar-refractivity contribution in [1.29, 1.82) is 0 Å². The van der Waals surface area contributed by atoms with Crippen LogP contribution in [-0.4, -0.2) is 32.7 Å². The molecule has 6 nitrogen and oxygen atoms in total. The molecule has 1 unspecified atom stereocenters. The largest absolute Gasteiger partial charge is 0.481 e. The molecule has 34 heavy (non-hydrogen) atoms. The van der Waals surface area contributed by atoms with E-state index in [4.69, 9.17) is 33.4 Å². The molecule has 1 aromatic heterocycles. The molecule has 1 amide bonds. The molecule has 0 radical (unpaired) electrons. The predicted octanol–water partition coefficient (Wildman–Crippen LogP) is 6.21. The topological polar surface area (TPSA) is 82.9 Å². The van der Waals surface area contributed by atoms with Gasteiger partial charge < -0.3 is 5.11 Å². The second-order valence-corrected chi connectivity index (χ2v) is 9.09. The number of aryl methyl sites for hydroxylation is 1. The van der Waals surface area contributed by atoms with E-state index in [9.17, 15) is 9.59 Å². The highest BCUT2D eigenvalue weighted by molar-refractivity contribution is 6.30. The van der Waals surface area contributed by atoms with E-state index in [2.05, 4.69) is 4.98 Å². The average Bonchev–Trinajstić information content (AvgIpc) is 3.26. The van der Waals surface area contributed by atoms with E-state index in [0.717, 1.165) is 33.5 Å². The average molecular weight is 496 g/mol. The van der Waals surface area contributed by atoms with E-state index >= 15 is 0 Å². The van der Waals surface area contributed by atoms with Crippen molar-refractivity contribution in [1.82, 2.24) is 9.99 Å².